The molecule has 4 rings (SSSR count). The Morgan fingerprint density at radius 1 is 1.00 bits per heavy atom. The Morgan fingerprint density at radius 3 is 2.31 bits per heavy atom. The summed E-state index contributed by atoms with van der Waals surface area (Å²) in [4.78, 5) is 40.8. The maximum Gasteiger partial charge on any atom is 0.368 e. The first kappa shape index (κ1) is 19.1. The van der Waals surface area contributed by atoms with Crippen molar-refractivity contribution in [2.45, 2.75) is 18.5 Å². The molecule has 7 nitrogen and oxygen atoms in total. The summed E-state index contributed by atoms with van der Waals surface area (Å²) in [6, 6.07) is 15.7. The fraction of sp³-hybridized carbons (Fsp3) is 0.318. The number of carbonyl (C=O) groups is 3. The average molecular weight is 395 g/mol. The number of benzene rings is 2. The van der Waals surface area contributed by atoms with E-state index >= 15 is 0 Å². The van der Waals surface area contributed by atoms with Gasteiger partial charge in [-0.2, -0.15) is 0 Å². The van der Waals surface area contributed by atoms with E-state index in [0.29, 0.717) is 11.4 Å². The summed E-state index contributed by atoms with van der Waals surface area (Å²) in [6.45, 7) is 1.67. The standard InChI is InChI=1S/C22H22N2O5/c1-22(21(27)29-3)17-16(18(23-22)14-11-7-8-12-15(14)28-2)19(25)24(20(17)26)13-9-5-4-6-10-13/h4-12,16-18,23H,1-3H3/p+1/t16-,17+,18-,22+/m0/s1. The predicted octanol–water partition coefficient (Wildman–Crippen LogP) is 1.05. The number of esters is 1. The summed E-state index contributed by atoms with van der Waals surface area (Å²) >= 11 is 0. The van der Waals surface area contributed by atoms with Gasteiger partial charge < -0.3 is 14.8 Å². The Labute approximate surface area is 168 Å². The van der Waals surface area contributed by atoms with E-state index in [2.05, 4.69) is 0 Å². The van der Waals surface area contributed by atoms with E-state index in [4.69, 9.17) is 9.47 Å². The van der Waals surface area contributed by atoms with E-state index in [1.807, 2.05) is 30.3 Å². The Hall–Kier alpha value is -3.19. The molecule has 2 aliphatic rings. The highest BCUT2D eigenvalue weighted by molar-refractivity contribution is 6.23. The SMILES string of the molecule is COC(=O)[C@]1(C)[NH2+][C@@H](c2ccccc2OC)[C@H]2C(=O)N(c3ccccc3)C(=O)[C@@H]21. The topological polar surface area (TPSA) is 89.5 Å². The minimum Gasteiger partial charge on any atom is -0.496 e. The van der Waals surface area contributed by atoms with Crippen LogP contribution in [-0.2, 0) is 19.1 Å². The number of quaternary nitrogens is 1. The Kier molecular flexibility index (Phi) is 4.62. The molecule has 2 aliphatic heterocycles. The number of fused-ring (bicyclic) bond motifs is 1. The zero-order chi connectivity index (χ0) is 20.8. The molecule has 29 heavy (non-hydrogen) atoms. The minimum atomic E-state index is -1.22. The third-order valence-electron chi connectivity index (χ3n) is 6.05. The zero-order valence-electron chi connectivity index (χ0n) is 16.5. The van der Waals surface area contributed by atoms with Gasteiger partial charge in [0.2, 0.25) is 17.4 Å². The molecule has 0 saturated carbocycles. The third kappa shape index (κ3) is 2.73. The fourth-order valence-electron chi connectivity index (χ4n) is 4.74. The minimum absolute atomic E-state index is 0.314. The van der Waals surface area contributed by atoms with Gasteiger partial charge in [0.1, 0.15) is 23.6 Å². The Balaban J connectivity index is 1.86. The molecule has 0 bridgehead atoms. The molecule has 0 spiro atoms. The number of hydrogen-bond acceptors (Lipinski definition) is 5. The van der Waals surface area contributed by atoms with E-state index in [9.17, 15) is 14.4 Å². The van der Waals surface area contributed by atoms with E-state index in [-0.39, 0.29) is 11.8 Å². The first-order chi connectivity index (χ1) is 13.9. The van der Waals surface area contributed by atoms with E-state index in [0.717, 1.165) is 5.56 Å². The lowest BCUT2D eigenvalue weighted by molar-refractivity contribution is -0.730. The summed E-state index contributed by atoms with van der Waals surface area (Å²) in [5.74, 6) is -2.15. The third-order valence-corrected chi connectivity index (χ3v) is 6.05. The van der Waals surface area contributed by atoms with E-state index < -0.39 is 29.4 Å². The van der Waals surface area contributed by atoms with Crippen LogP contribution in [0.1, 0.15) is 18.5 Å². The van der Waals surface area contributed by atoms with Crippen LogP contribution >= 0.6 is 0 Å². The molecule has 7 heteroatoms. The molecular formula is C22H23N2O5+. The highest BCUT2D eigenvalue weighted by Crippen LogP contribution is 2.47. The first-order valence-corrected chi connectivity index (χ1v) is 9.44. The number of hydrogen-bond donors (Lipinski definition) is 1. The quantitative estimate of drug-likeness (QED) is 0.618. The van der Waals surface area contributed by atoms with Crippen LogP contribution in [0.15, 0.2) is 54.6 Å². The van der Waals surface area contributed by atoms with Crippen LogP contribution in [0, 0.1) is 11.8 Å². The average Bonchev–Trinajstić information content (AvgIpc) is 3.21. The van der Waals surface area contributed by atoms with Crippen molar-refractivity contribution < 1.29 is 29.2 Å². The lowest BCUT2D eigenvalue weighted by Crippen LogP contribution is -2.97. The molecular weight excluding hydrogens is 372 g/mol. The number of para-hydroxylation sites is 2. The van der Waals surface area contributed by atoms with Crippen LogP contribution in [0.4, 0.5) is 5.69 Å². The van der Waals surface area contributed by atoms with Crippen LogP contribution < -0.4 is 15.0 Å². The second-order valence-corrected chi connectivity index (χ2v) is 7.56. The van der Waals surface area contributed by atoms with Crippen molar-refractivity contribution in [3.8, 4) is 5.75 Å². The summed E-state index contributed by atoms with van der Waals surface area (Å²) < 4.78 is 10.5. The molecule has 150 valence electrons. The van der Waals surface area contributed by atoms with Gasteiger partial charge in [0.05, 0.1) is 25.5 Å². The van der Waals surface area contributed by atoms with Gasteiger partial charge in [0.25, 0.3) is 0 Å². The first-order valence-electron chi connectivity index (χ1n) is 9.44. The van der Waals surface area contributed by atoms with Crippen LogP contribution in [0.2, 0.25) is 0 Å². The molecule has 0 radical (unpaired) electrons. The molecule has 2 aromatic carbocycles. The smallest absolute Gasteiger partial charge is 0.368 e. The van der Waals surface area contributed by atoms with Crippen molar-refractivity contribution in [1.29, 1.82) is 0 Å². The number of methoxy groups -OCH3 is 2. The van der Waals surface area contributed by atoms with Crippen molar-refractivity contribution in [1.82, 2.24) is 0 Å². The van der Waals surface area contributed by atoms with Crippen molar-refractivity contribution >= 4 is 23.5 Å². The van der Waals surface area contributed by atoms with Crippen molar-refractivity contribution in [2.24, 2.45) is 11.8 Å². The van der Waals surface area contributed by atoms with Crippen LogP contribution in [0.25, 0.3) is 0 Å². The van der Waals surface area contributed by atoms with E-state index in [1.165, 1.54) is 12.0 Å². The molecule has 2 aromatic rings. The monoisotopic (exact) mass is 395 g/mol. The number of carbonyl (C=O) groups excluding carboxylic acids is 3. The number of rotatable bonds is 4. The van der Waals surface area contributed by atoms with Gasteiger partial charge in [-0.3, -0.25) is 9.59 Å². The molecule has 2 N–H and O–H groups in total. The highest BCUT2D eigenvalue weighted by atomic mass is 16.5. The van der Waals surface area contributed by atoms with Gasteiger partial charge in [0.15, 0.2) is 0 Å². The maximum absolute atomic E-state index is 13.5. The van der Waals surface area contributed by atoms with Gasteiger partial charge in [-0.25, -0.2) is 9.69 Å². The van der Waals surface area contributed by atoms with Crippen molar-refractivity contribution in [3.05, 3.63) is 60.2 Å². The number of nitrogens with two attached hydrogens (primary N) is 1. The molecule has 2 amide bonds. The lowest BCUT2D eigenvalue weighted by atomic mass is 9.80. The number of nitrogens with zero attached hydrogens (tertiary/aromatic N) is 1. The zero-order valence-corrected chi connectivity index (χ0v) is 16.5. The molecule has 0 aliphatic carbocycles. The van der Waals surface area contributed by atoms with Crippen molar-refractivity contribution in [2.75, 3.05) is 19.1 Å². The number of amides is 2. The van der Waals surface area contributed by atoms with Crippen LogP contribution in [0.3, 0.4) is 0 Å². The second kappa shape index (κ2) is 7.00. The van der Waals surface area contributed by atoms with E-state index in [1.54, 1.807) is 43.6 Å². The Morgan fingerprint density at radius 2 is 1.66 bits per heavy atom. The van der Waals surface area contributed by atoms with Crippen LogP contribution in [0.5, 0.6) is 5.75 Å². The van der Waals surface area contributed by atoms with Crippen molar-refractivity contribution in [3.63, 3.8) is 0 Å². The Bertz CT molecular complexity index is 976. The van der Waals surface area contributed by atoms with Gasteiger partial charge in [0, 0.05) is 6.92 Å². The molecule has 2 saturated heterocycles. The second-order valence-electron chi connectivity index (χ2n) is 7.56. The van der Waals surface area contributed by atoms with Gasteiger partial charge in [-0.05, 0) is 24.3 Å². The normalized spacial score (nSPS) is 28.4. The summed E-state index contributed by atoms with van der Waals surface area (Å²) in [7, 11) is 2.85. The largest absolute Gasteiger partial charge is 0.496 e. The number of imide groups is 1. The number of ether oxygens (including phenoxy) is 2. The predicted molar refractivity (Wildman–Crippen MR) is 104 cm³/mol. The van der Waals surface area contributed by atoms with Gasteiger partial charge in [-0.1, -0.05) is 30.3 Å². The highest BCUT2D eigenvalue weighted by Gasteiger charge is 2.71. The van der Waals surface area contributed by atoms with Gasteiger partial charge >= 0.3 is 5.97 Å². The maximum atomic E-state index is 13.5. The fourth-order valence-corrected chi connectivity index (χ4v) is 4.74. The summed E-state index contributed by atoms with van der Waals surface area (Å²) in [6.07, 6.45) is 0. The molecule has 2 heterocycles. The van der Waals surface area contributed by atoms with Crippen LogP contribution in [-0.4, -0.2) is 37.5 Å². The molecule has 4 atom stereocenters. The summed E-state index contributed by atoms with van der Waals surface area (Å²) in [5.41, 5.74) is 0.0536. The lowest BCUT2D eigenvalue weighted by Gasteiger charge is -2.26. The molecule has 2 fully saturated rings. The molecule has 0 aromatic heterocycles. The summed E-state index contributed by atoms with van der Waals surface area (Å²) in [5, 5.41) is 1.78. The molecule has 0 unspecified atom stereocenters. The number of anilines is 1. The van der Waals surface area contributed by atoms with Gasteiger partial charge in [-0.15, -0.1) is 0 Å².